The predicted molar refractivity (Wildman–Crippen MR) is 93.1 cm³/mol. The zero-order valence-corrected chi connectivity index (χ0v) is 13.8. The van der Waals surface area contributed by atoms with Gasteiger partial charge in [0.1, 0.15) is 0 Å². The molecule has 0 spiro atoms. The zero-order chi connectivity index (χ0) is 18.5. The number of hydrogen-bond acceptors (Lipinski definition) is 5. The summed E-state index contributed by atoms with van der Waals surface area (Å²) in [6.45, 7) is 0.525. The van der Waals surface area contributed by atoms with Crippen molar-refractivity contribution < 1.29 is 19.6 Å². The molecule has 2 aliphatic heterocycles. The molecule has 0 radical (unpaired) electrons. The Labute approximate surface area is 149 Å². The van der Waals surface area contributed by atoms with Gasteiger partial charge in [0.2, 0.25) is 0 Å². The van der Waals surface area contributed by atoms with Crippen LogP contribution in [0.2, 0.25) is 0 Å². The number of para-hydroxylation sites is 1. The van der Waals surface area contributed by atoms with Crippen LogP contribution in [0.25, 0.3) is 0 Å². The lowest BCUT2D eigenvalue weighted by atomic mass is 9.87. The lowest BCUT2D eigenvalue weighted by Crippen LogP contribution is -2.42. The molecule has 1 N–H and O–H groups in total. The summed E-state index contributed by atoms with van der Waals surface area (Å²) in [6.07, 6.45) is 1.25. The number of non-ortho nitro benzene ring substituents is 1. The second-order valence-electron chi connectivity index (χ2n) is 6.64. The third-order valence-electron chi connectivity index (χ3n) is 5.08. The highest BCUT2D eigenvalue weighted by atomic mass is 16.6. The number of amides is 1. The van der Waals surface area contributed by atoms with E-state index >= 15 is 0 Å². The molecule has 2 aromatic rings. The minimum atomic E-state index is -1.89. The fourth-order valence-electron chi connectivity index (χ4n) is 3.80. The molecule has 0 bridgehead atoms. The average Bonchev–Trinajstić information content (AvgIpc) is 2.86. The van der Waals surface area contributed by atoms with Gasteiger partial charge in [0.15, 0.2) is 11.4 Å². The number of nitro groups is 1. The van der Waals surface area contributed by atoms with E-state index in [0.29, 0.717) is 12.1 Å². The van der Waals surface area contributed by atoms with Gasteiger partial charge in [0.05, 0.1) is 17.0 Å². The Balaban J connectivity index is 1.68. The Morgan fingerprint density at radius 1 is 1.23 bits per heavy atom. The first-order valence-electron chi connectivity index (χ1n) is 8.36. The normalized spacial score (nSPS) is 20.8. The Morgan fingerprint density at radius 3 is 2.65 bits per heavy atom. The van der Waals surface area contributed by atoms with Gasteiger partial charge in [0.25, 0.3) is 11.6 Å². The maximum atomic E-state index is 12.8. The zero-order valence-electron chi connectivity index (χ0n) is 13.8. The summed E-state index contributed by atoms with van der Waals surface area (Å²) >= 11 is 0. The standard InChI is InChI=1S/C19H16N2O5/c22-16(12-6-8-14(9-7-12)21(25)26)11-19(24)15-5-1-3-13-4-2-10-20(17(13)15)18(19)23/h1,3,5-9,24H,2,4,10-11H2. The molecule has 26 heavy (non-hydrogen) atoms. The van der Waals surface area contributed by atoms with Crippen molar-refractivity contribution in [2.24, 2.45) is 0 Å². The second kappa shape index (κ2) is 5.74. The fraction of sp³-hybridized carbons (Fsp3) is 0.263. The Kier molecular flexibility index (Phi) is 3.62. The molecule has 2 heterocycles. The van der Waals surface area contributed by atoms with Crippen LogP contribution in [0.5, 0.6) is 0 Å². The highest BCUT2D eigenvalue weighted by Gasteiger charge is 2.52. The Hall–Kier alpha value is -3.06. The largest absolute Gasteiger partial charge is 0.375 e. The van der Waals surface area contributed by atoms with Gasteiger partial charge in [-0.15, -0.1) is 0 Å². The number of benzene rings is 2. The highest BCUT2D eigenvalue weighted by Crippen LogP contribution is 2.46. The van der Waals surface area contributed by atoms with Crippen molar-refractivity contribution in [1.82, 2.24) is 0 Å². The number of anilines is 1. The van der Waals surface area contributed by atoms with Crippen LogP contribution in [0, 0.1) is 10.1 Å². The number of aliphatic hydroxyl groups is 1. The van der Waals surface area contributed by atoms with Crippen LogP contribution < -0.4 is 4.90 Å². The van der Waals surface area contributed by atoms with Crippen LogP contribution in [0.1, 0.15) is 34.3 Å². The summed E-state index contributed by atoms with van der Waals surface area (Å²) in [4.78, 5) is 37.2. The average molecular weight is 352 g/mol. The molecule has 0 saturated carbocycles. The SMILES string of the molecule is O=C(CC1(O)C(=O)N2CCCc3cccc1c32)c1ccc([N+](=O)[O-])cc1. The summed E-state index contributed by atoms with van der Waals surface area (Å²) < 4.78 is 0. The lowest BCUT2D eigenvalue weighted by molar-refractivity contribution is -0.384. The molecule has 0 saturated heterocycles. The van der Waals surface area contributed by atoms with Crippen molar-refractivity contribution in [3.63, 3.8) is 0 Å². The number of aryl methyl sites for hydroxylation is 1. The smallest absolute Gasteiger partial charge is 0.269 e. The van der Waals surface area contributed by atoms with Gasteiger partial charge >= 0.3 is 0 Å². The first-order valence-corrected chi connectivity index (χ1v) is 8.36. The van der Waals surface area contributed by atoms with E-state index in [4.69, 9.17) is 0 Å². The van der Waals surface area contributed by atoms with E-state index in [0.717, 1.165) is 24.1 Å². The first-order chi connectivity index (χ1) is 12.4. The number of nitro benzene ring substituents is 1. The summed E-state index contributed by atoms with van der Waals surface area (Å²) in [7, 11) is 0. The van der Waals surface area contributed by atoms with Gasteiger partial charge in [0, 0.05) is 29.8 Å². The molecule has 2 aromatic carbocycles. The van der Waals surface area contributed by atoms with Gasteiger partial charge in [-0.2, -0.15) is 0 Å². The van der Waals surface area contributed by atoms with Gasteiger partial charge < -0.3 is 10.0 Å². The lowest BCUT2D eigenvalue weighted by Gasteiger charge is -2.25. The Morgan fingerprint density at radius 2 is 1.96 bits per heavy atom. The van der Waals surface area contributed by atoms with Crippen molar-refractivity contribution in [3.8, 4) is 0 Å². The number of hydrogen-bond donors (Lipinski definition) is 1. The number of carbonyl (C=O) groups is 2. The molecule has 2 aliphatic rings. The maximum Gasteiger partial charge on any atom is 0.269 e. The van der Waals surface area contributed by atoms with E-state index < -0.39 is 28.6 Å². The van der Waals surface area contributed by atoms with E-state index in [1.807, 2.05) is 6.07 Å². The summed E-state index contributed by atoms with van der Waals surface area (Å²) in [5.41, 5.74) is 0.403. The summed E-state index contributed by atoms with van der Waals surface area (Å²) in [5.74, 6) is -0.914. The molecular weight excluding hydrogens is 336 g/mol. The quantitative estimate of drug-likeness (QED) is 0.517. The minimum Gasteiger partial charge on any atom is -0.375 e. The summed E-state index contributed by atoms with van der Waals surface area (Å²) in [6, 6.07) is 10.6. The maximum absolute atomic E-state index is 12.8. The third-order valence-corrected chi connectivity index (χ3v) is 5.08. The number of ketones is 1. The van der Waals surface area contributed by atoms with E-state index in [1.54, 1.807) is 17.0 Å². The van der Waals surface area contributed by atoms with E-state index in [2.05, 4.69) is 0 Å². The number of Topliss-reactive ketones (excluding diaryl/α,β-unsaturated/α-hetero) is 1. The second-order valence-corrected chi connectivity index (χ2v) is 6.64. The van der Waals surface area contributed by atoms with Crippen molar-refractivity contribution in [2.45, 2.75) is 24.9 Å². The molecule has 7 heteroatoms. The van der Waals surface area contributed by atoms with Gasteiger partial charge in [-0.25, -0.2) is 0 Å². The van der Waals surface area contributed by atoms with Crippen LogP contribution in [0.15, 0.2) is 42.5 Å². The van der Waals surface area contributed by atoms with Gasteiger partial charge in [-0.3, -0.25) is 19.7 Å². The molecule has 1 amide bonds. The predicted octanol–water partition coefficient (Wildman–Crippen LogP) is 2.35. The molecule has 1 unspecified atom stereocenters. The van der Waals surface area contributed by atoms with E-state index in [-0.39, 0.29) is 11.3 Å². The van der Waals surface area contributed by atoms with Gasteiger partial charge in [-0.05, 0) is 30.5 Å². The fourth-order valence-corrected chi connectivity index (χ4v) is 3.80. The molecule has 7 nitrogen and oxygen atoms in total. The molecule has 4 rings (SSSR count). The summed E-state index contributed by atoms with van der Waals surface area (Å²) in [5, 5.41) is 21.8. The van der Waals surface area contributed by atoms with Crippen molar-refractivity contribution in [2.75, 3.05) is 11.4 Å². The molecule has 0 aliphatic carbocycles. The van der Waals surface area contributed by atoms with Crippen LogP contribution in [-0.2, 0) is 16.8 Å². The Bertz CT molecular complexity index is 937. The van der Waals surface area contributed by atoms with Crippen molar-refractivity contribution in [1.29, 1.82) is 0 Å². The monoisotopic (exact) mass is 352 g/mol. The van der Waals surface area contributed by atoms with E-state index in [9.17, 15) is 24.8 Å². The molecule has 0 aromatic heterocycles. The third kappa shape index (κ3) is 2.32. The van der Waals surface area contributed by atoms with Crippen molar-refractivity contribution >= 4 is 23.1 Å². The van der Waals surface area contributed by atoms with E-state index in [1.165, 1.54) is 24.3 Å². The molecule has 132 valence electrons. The number of rotatable bonds is 4. The van der Waals surface area contributed by atoms with Crippen LogP contribution in [-0.4, -0.2) is 28.3 Å². The van der Waals surface area contributed by atoms with Crippen LogP contribution in [0.3, 0.4) is 0 Å². The molecule has 0 fully saturated rings. The van der Waals surface area contributed by atoms with Gasteiger partial charge in [-0.1, -0.05) is 18.2 Å². The van der Waals surface area contributed by atoms with Crippen LogP contribution in [0.4, 0.5) is 11.4 Å². The number of nitrogens with zero attached hydrogens (tertiary/aromatic N) is 2. The highest BCUT2D eigenvalue weighted by molar-refractivity contribution is 6.11. The minimum absolute atomic E-state index is 0.121. The molecule has 1 atom stereocenters. The first kappa shape index (κ1) is 16.4. The number of carbonyl (C=O) groups excluding carboxylic acids is 2. The van der Waals surface area contributed by atoms with Crippen LogP contribution >= 0.6 is 0 Å². The molecular formula is C19H16N2O5. The van der Waals surface area contributed by atoms with Crippen molar-refractivity contribution in [3.05, 3.63) is 69.3 Å². The topological polar surface area (TPSA) is 101 Å².